The minimum absolute atomic E-state index is 0.888. The van der Waals surface area contributed by atoms with Crippen molar-refractivity contribution in [2.75, 3.05) is 11.1 Å². The molecule has 1 N–H and O–H groups in total. The second kappa shape index (κ2) is 6.85. The Balaban J connectivity index is 2.17. The van der Waals surface area contributed by atoms with E-state index in [4.69, 9.17) is 0 Å². The quantitative estimate of drug-likeness (QED) is 0.745. The van der Waals surface area contributed by atoms with Gasteiger partial charge in [-0.15, -0.1) is 11.8 Å². The van der Waals surface area contributed by atoms with Crippen LogP contribution in [-0.2, 0) is 6.54 Å². The van der Waals surface area contributed by atoms with E-state index in [9.17, 15) is 0 Å². The number of nitrogens with one attached hydrogen (secondary N) is 1. The highest BCUT2D eigenvalue weighted by Gasteiger charge is 2.06. The third-order valence-electron chi connectivity index (χ3n) is 3.48. The maximum atomic E-state index is 3.59. The molecule has 2 aromatic rings. The first-order valence-electron chi connectivity index (χ1n) is 7.14. The van der Waals surface area contributed by atoms with Crippen molar-refractivity contribution in [3.63, 3.8) is 0 Å². The number of thioether (sulfide) groups is 1. The van der Waals surface area contributed by atoms with Gasteiger partial charge in [-0.25, -0.2) is 0 Å². The summed E-state index contributed by atoms with van der Waals surface area (Å²) in [5.74, 6) is 1.10. The molecule has 0 unspecified atom stereocenters. The van der Waals surface area contributed by atoms with Gasteiger partial charge in [-0.05, 0) is 55.3 Å². The Hall–Kier alpha value is -1.41. The van der Waals surface area contributed by atoms with Crippen LogP contribution in [0.5, 0.6) is 0 Å². The number of para-hydroxylation sites is 1. The number of aryl methyl sites for hydroxylation is 3. The molecule has 0 bridgehead atoms. The zero-order valence-electron chi connectivity index (χ0n) is 12.8. The molecule has 0 saturated carbocycles. The maximum Gasteiger partial charge on any atom is 0.0481 e. The van der Waals surface area contributed by atoms with Crippen LogP contribution in [0.15, 0.2) is 41.3 Å². The zero-order chi connectivity index (χ0) is 14.5. The van der Waals surface area contributed by atoms with E-state index >= 15 is 0 Å². The minimum atomic E-state index is 0.888. The van der Waals surface area contributed by atoms with E-state index in [1.807, 2.05) is 11.8 Å². The molecule has 0 spiro atoms. The van der Waals surface area contributed by atoms with Crippen LogP contribution < -0.4 is 5.32 Å². The summed E-state index contributed by atoms with van der Waals surface area (Å²) < 4.78 is 0. The monoisotopic (exact) mass is 285 g/mol. The first-order valence-corrected chi connectivity index (χ1v) is 8.12. The summed E-state index contributed by atoms with van der Waals surface area (Å²) in [5, 5.41) is 3.59. The van der Waals surface area contributed by atoms with Gasteiger partial charge in [0.15, 0.2) is 0 Å². The van der Waals surface area contributed by atoms with Crippen molar-refractivity contribution >= 4 is 17.4 Å². The molecule has 0 aliphatic carbocycles. The molecule has 2 rings (SSSR count). The van der Waals surface area contributed by atoms with Crippen LogP contribution in [0.4, 0.5) is 5.69 Å². The highest BCUT2D eigenvalue weighted by Crippen LogP contribution is 2.27. The Morgan fingerprint density at radius 2 is 1.65 bits per heavy atom. The first-order chi connectivity index (χ1) is 9.61. The van der Waals surface area contributed by atoms with Crippen molar-refractivity contribution in [1.29, 1.82) is 0 Å². The molecule has 0 radical (unpaired) electrons. The number of hydrogen-bond donors (Lipinski definition) is 1. The van der Waals surface area contributed by atoms with E-state index in [1.165, 1.54) is 32.8 Å². The van der Waals surface area contributed by atoms with E-state index in [2.05, 4.69) is 69.4 Å². The van der Waals surface area contributed by atoms with E-state index in [1.54, 1.807) is 0 Å². The highest BCUT2D eigenvalue weighted by molar-refractivity contribution is 7.99. The van der Waals surface area contributed by atoms with Crippen LogP contribution in [0, 0.1) is 20.8 Å². The predicted molar refractivity (Wildman–Crippen MR) is 90.8 cm³/mol. The fraction of sp³-hybridized carbons (Fsp3) is 0.333. The van der Waals surface area contributed by atoms with Crippen molar-refractivity contribution in [3.05, 3.63) is 58.7 Å². The van der Waals surface area contributed by atoms with Crippen molar-refractivity contribution in [2.24, 2.45) is 0 Å². The Kier molecular flexibility index (Phi) is 5.13. The Bertz CT molecular complexity index is 567. The van der Waals surface area contributed by atoms with Gasteiger partial charge in [-0.1, -0.05) is 36.8 Å². The van der Waals surface area contributed by atoms with Crippen LogP contribution in [0.25, 0.3) is 0 Å². The molecular formula is C18H23NS. The van der Waals surface area contributed by atoms with Crippen molar-refractivity contribution in [2.45, 2.75) is 39.1 Å². The van der Waals surface area contributed by atoms with Gasteiger partial charge in [0.25, 0.3) is 0 Å². The zero-order valence-corrected chi connectivity index (χ0v) is 13.6. The molecule has 0 heterocycles. The molecule has 0 fully saturated rings. The lowest BCUT2D eigenvalue weighted by atomic mass is 10.00. The average molecular weight is 285 g/mol. The second-order valence-corrected chi connectivity index (χ2v) is 6.47. The smallest absolute Gasteiger partial charge is 0.0481 e. The Labute approximate surface area is 126 Å². The summed E-state index contributed by atoms with van der Waals surface area (Å²) >= 11 is 1.89. The normalized spacial score (nSPS) is 10.6. The number of rotatable bonds is 5. The molecule has 2 aromatic carbocycles. The van der Waals surface area contributed by atoms with E-state index < -0.39 is 0 Å². The fourth-order valence-electron chi connectivity index (χ4n) is 2.57. The summed E-state index contributed by atoms with van der Waals surface area (Å²) in [5.41, 5.74) is 6.72. The summed E-state index contributed by atoms with van der Waals surface area (Å²) in [4.78, 5) is 1.33. The van der Waals surface area contributed by atoms with Gasteiger partial charge in [-0.2, -0.15) is 0 Å². The third kappa shape index (κ3) is 3.57. The van der Waals surface area contributed by atoms with Crippen LogP contribution in [0.2, 0.25) is 0 Å². The van der Waals surface area contributed by atoms with E-state index in [0.717, 1.165) is 12.3 Å². The molecule has 0 saturated heterocycles. The second-order valence-electron chi connectivity index (χ2n) is 5.16. The fourth-order valence-corrected chi connectivity index (χ4v) is 3.35. The van der Waals surface area contributed by atoms with Crippen LogP contribution in [-0.4, -0.2) is 5.75 Å². The standard InChI is InChI=1S/C18H23NS/c1-5-20-18-9-7-6-8-17(18)19-12-16-14(3)10-13(2)11-15(16)4/h6-11,19H,5,12H2,1-4H3. The Morgan fingerprint density at radius 1 is 1.00 bits per heavy atom. The molecular weight excluding hydrogens is 262 g/mol. The van der Waals surface area contributed by atoms with Gasteiger partial charge in [0.1, 0.15) is 0 Å². The van der Waals surface area contributed by atoms with E-state index in [-0.39, 0.29) is 0 Å². The largest absolute Gasteiger partial charge is 0.380 e. The van der Waals surface area contributed by atoms with Gasteiger partial charge in [0.05, 0.1) is 0 Å². The molecule has 2 heteroatoms. The topological polar surface area (TPSA) is 12.0 Å². The summed E-state index contributed by atoms with van der Waals surface area (Å²) in [6, 6.07) is 13.1. The minimum Gasteiger partial charge on any atom is -0.380 e. The maximum absolute atomic E-state index is 3.59. The molecule has 0 aromatic heterocycles. The lowest BCUT2D eigenvalue weighted by Crippen LogP contribution is -2.04. The third-order valence-corrected chi connectivity index (χ3v) is 4.44. The Morgan fingerprint density at radius 3 is 2.30 bits per heavy atom. The summed E-state index contributed by atoms with van der Waals surface area (Å²) in [6.07, 6.45) is 0. The van der Waals surface area contributed by atoms with E-state index in [0.29, 0.717) is 0 Å². The predicted octanol–water partition coefficient (Wildman–Crippen LogP) is 5.34. The van der Waals surface area contributed by atoms with Crippen LogP contribution in [0.1, 0.15) is 29.2 Å². The van der Waals surface area contributed by atoms with Crippen molar-refractivity contribution in [1.82, 2.24) is 0 Å². The first kappa shape index (κ1) is 15.0. The van der Waals surface area contributed by atoms with Gasteiger partial charge in [-0.3, -0.25) is 0 Å². The average Bonchev–Trinajstić information content (AvgIpc) is 2.39. The molecule has 0 atom stereocenters. The molecule has 0 aliphatic rings. The number of benzene rings is 2. The van der Waals surface area contributed by atoms with Gasteiger partial charge in [0.2, 0.25) is 0 Å². The lowest BCUT2D eigenvalue weighted by Gasteiger charge is -2.15. The van der Waals surface area contributed by atoms with Crippen molar-refractivity contribution < 1.29 is 0 Å². The highest BCUT2D eigenvalue weighted by atomic mass is 32.2. The summed E-state index contributed by atoms with van der Waals surface area (Å²) in [7, 11) is 0. The SMILES string of the molecule is CCSc1ccccc1NCc1c(C)cc(C)cc1C. The molecule has 0 amide bonds. The number of hydrogen-bond acceptors (Lipinski definition) is 2. The van der Waals surface area contributed by atoms with Crippen LogP contribution in [0.3, 0.4) is 0 Å². The van der Waals surface area contributed by atoms with Gasteiger partial charge >= 0.3 is 0 Å². The number of anilines is 1. The summed E-state index contributed by atoms with van der Waals surface area (Å²) in [6.45, 7) is 9.63. The molecule has 1 nitrogen and oxygen atoms in total. The van der Waals surface area contributed by atoms with Gasteiger partial charge < -0.3 is 5.32 Å². The van der Waals surface area contributed by atoms with Gasteiger partial charge in [0, 0.05) is 17.1 Å². The van der Waals surface area contributed by atoms with Crippen molar-refractivity contribution in [3.8, 4) is 0 Å². The molecule has 20 heavy (non-hydrogen) atoms. The lowest BCUT2D eigenvalue weighted by molar-refractivity contribution is 1.07. The molecule has 0 aliphatic heterocycles. The van der Waals surface area contributed by atoms with Crippen LogP contribution >= 0.6 is 11.8 Å². The molecule has 106 valence electrons.